The second-order valence-corrected chi connectivity index (χ2v) is 6.55. The zero-order valence-electron chi connectivity index (χ0n) is 12.7. The fraction of sp³-hybridized carbons (Fsp3) is 0.692. The van der Waals surface area contributed by atoms with E-state index in [-0.39, 0.29) is 17.8 Å². The molecule has 118 valence electrons. The molecule has 1 amide bonds. The Labute approximate surface area is 126 Å². The van der Waals surface area contributed by atoms with Crippen molar-refractivity contribution in [3.63, 3.8) is 0 Å². The lowest BCUT2D eigenvalue weighted by molar-refractivity contribution is 0.0996. The van der Waals surface area contributed by atoms with Crippen LogP contribution in [0.3, 0.4) is 0 Å². The summed E-state index contributed by atoms with van der Waals surface area (Å²) in [5.74, 6) is 0.178. The number of hydrogen-bond acceptors (Lipinski definition) is 5. The van der Waals surface area contributed by atoms with E-state index in [1.54, 1.807) is 6.20 Å². The molecule has 7 nitrogen and oxygen atoms in total. The van der Waals surface area contributed by atoms with Crippen molar-refractivity contribution in [3.05, 3.63) is 11.9 Å². The van der Waals surface area contributed by atoms with Gasteiger partial charge < -0.3 is 24.7 Å². The molecule has 1 aromatic rings. The maximum Gasteiger partial charge on any atom is 0.268 e. The highest BCUT2D eigenvalue weighted by atomic mass is 31.2. The molecule has 2 heterocycles. The lowest BCUT2D eigenvalue weighted by atomic mass is 10.1. The van der Waals surface area contributed by atoms with Gasteiger partial charge in [-0.3, -0.25) is 4.79 Å². The molecule has 21 heavy (non-hydrogen) atoms. The molecule has 0 aromatic carbocycles. The summed E-state index contributed by atoms with van der Waals surface area (Å²) in [5.41, 5.74) is 5.60. The Morgan fingerprint density at radius 2 is 2.19 bits per heavy atom. The van der Waals surface area contributed by atoms with Gasteiger partial charge in [0.15, 0.2) is 8.38 Å². The number of fused-ring (bicyclic) bond motifs is 1. The van der Waals surface area contributed by atoms with Gasteiger partial charge >= 0.3 is 0 Å². The number of anilines is 1. The van der Waals surface area contributed by atoms with Gasteiger partial charge in [-0.1, -0.05) is 0 Å². The van der Waals surface area contributed by atoms with Gasteiger partial charge in [0.05, 0.1) is 13.2 Å². The van der Waals surface area contributed by atoms with Gasteiger partial charge in [-0.15, -0.1) is 0 Å². The summed E-state index contributed by atoms with van der Waals surface area (Å²) >= 11 is 0. The average molecular weight is 314 g/mol. The number of imidazole rings is 1. The number of aromatic nitrogens is 2. The molecule has 8 heteroatoms. The largest absolute Gasteiger partial charge is 0.364 e. The van der Waals surface area contributed by atoms with Gasteiger partial charge in [-0.2, -0.15) is 0 Å². The Bertz CT molecular complexity index is 488. The Balaban J connectivity index is 2.18. The lowest BCUT2D eigenvalue weighted by Gasteiger charge is -2.32. The summed E-state index contributed by atoms with van der Waals surface area (Å²) in [5, 5.41) is 3.27. The number of rotatable bonds is 7. The molecule has 0 fully saturated rings. The quantitative estimate of drug-likeness (QED) is 0.752. The third-order valence-electron chi connectivity index (χ3n) is 3.29. The molecule has 2 unspecified atom stereocenters. The van der Waals surface area contributed by atoms with Crippen LogP contribution in [-0.4, -0.2) is 40.9 Å². The normalized spacial score (nSPS) is 21.1. The van der Waals surface area contributed by atoms with E-state index < -0.39 is 14.3 Å². The second kappa shape index (κ2) is 7.20. The number of nitrogens with zero attached hydrogens (tertiary/aromatic N) is 2. The van der Waals surface area contributed by atoms with Crippen molar-refractivity contribution in [2.24, 2.45) is 5.73 Å². The van der Waals surface area contributed by atoms with Crippen molar-refractivity contribution < 1.29 is 13.8 Å². The molecular formula is C13H23N4O3P. The summed E-state index contributed by atoms with van der Waals surface area (Å²) in [4.78, 5) is 15.6. The first-order valence-electron chi connectivity index (χ1n) is 7.23. The molecule has 2 atom stereocenters. The third kappa shape index (κ3) is 3.93. The zero-order chi connectivity index (χ0) is 15.4. The molecule has 1 aliphatic heterocycles. The molecular weight excluding hydrogens is 291 g/mol. The van der Waals surface area contributed by atoms with Crippen LogP contribution in [0.4, 0.5) is 5.95 Å². The van der Waals surface area contributed by atoms with Gasteiger partial charge in [0.25, 0.3) is 5.91 Å². The third-order valence-corrected chi connectivity index (χ3v) is 5.10. The second-order valence-electron chi connectivity index (χ2n) is 5.01. The molecule has 2 rings (SSSR count). The molecule has 0 spiro atoms. The van der Waals surface area contributed by atoms with Gasteiger partial charge in [-0.25, -0.2) is 4.98 Å². The smallest absolute Gasteiger partial charge is 0.268 e. The number of nitrogens with one attached hydrogen (secondary N) is 1. The van der Waals surface area contributed by atoms with Crippen molar-refractivity contribution in [2.75, 3.05) is 24.7 Å². The van der Waals surface area contributed by atoms with E-state index >= 15 is 0 Å². The maximum atomic E-state index is 11.3. The average Bonchev–Trinajstić information content (AvgIpc) is 2.83. The fourth-order valence-corrected chi connectivity index (χ4v) is 3.99. The first kappa shape index (κ1) is 16.2. The van der Waals surface area contributed by atoms with Crippen LogP contribution in [0.1, 0.15) is 43.7 Å². The van der Waals surface area contributed by atoms with Crippen LogP contribution < -0.4 is 11.1 Å². The predicted octanol–water partition coefficient (Wildman–Crippen LogP) is 2.11. The fourth-order valence-electron chi connectivity index (χ4n) is 2.46. The minimum Gasteiger partial charge on any atom is -0.364 e. The number of nitrogens with two attached hydrogens (primary N) is 1. The topological polar surface area (TPSA) is 91.4 Å². The summed E-state index contributed by atoms with van der Waals surface area (Å²) in [6.45, 7) is 7.30. The van der Waals surface area contributed by atoms with Crippen LogP contribution in [0.2, 0.25) is 0 Å². The van der Waals surface area contributed by atoms with Gasteiger partial charge in [0.1, 0.15) is 5.69 Å². The lowest BCUT2D eigenvalue weighted by Crippen LogP contribution is -2.31. The highest BCUT2D eigenvalue weighted by molar-refractivity contribution is 7.47. The highest BCUT2D eigenvalue weighted by Crippen LogP contribution is 2.44. The van der Waals surface area contributed by atoms with E-state index in [0.29, 0.717) is 19.2 Å². The molecule has 3 N–H and O–H groups in total. The first-order valence-corrected chi connectivity index (χ1v) is 8.60. The van der Waals surface area contributed by atoms with E-state index in [2.05, 4.69) is 17.2 Å². The number of primary amides is 1. The van der Waals surface area contributed by atoms with Crippen molar-refractivity contribution in [2.45, 2.75) is 39.3 Å². The monoisotopic (exact) mass is 314 g/mol. The number of amides is 1. The summed E-state index contributed by atoms with van der Waals surface area (Å²) in [6.07, 6.45) is 3.43. The van der Waals surface area contributed by atoms with E-state index in [4.69, 9.17) is 14.8 Å². The van der Waals surface area contributed by atoms with Crippen molar-refractivity contribution in [1.82, 2.24) is 9.55 Å². The number of carbonyl (C=O) groups is 1. The van der Waals surface area contributed by atoms with Crippen LogP contribution in [0.15, 0.2) is 6.20 Å². The Hall–Kier alpha value is -1.17. The minimum absolute atomic E-state index is 0.195. The van der Waals surface area contributed by atoms with Crippen LogP contribution >= 0.6 is 8.38 Å². The van der Waals surface area contributed by atoms with Crippen LogP contribution in [0.5, 0.6) is 0 Å². The molecule has 1 aromatic heterocycles. The number of hydrogen-bond donors (Lipinski definition) is 2. The van der Waals surface area contributed by atoms with Crippen molar-refractivity contribution in [1.29, 1.82) is 0 Å². The van der Waals surface area contributed by atoms with Gasteiger partial charge in [0, 0.05) is 24.4 Å². The zero-order valence-corrected chi connectivity index (χ0v) is 13.6. The summed E-state index contributed by atoms with van der Waals surface area (Å²) in [6, 6.07) is 0.479. The van der Waals surface area contributed by atoms with Gasteiger partial charge in [0.2, 0.25) is 5.95 Å². The SMILES string of the molecule is CCOP(CC1CC(C)Nc2nc(C(N)=O)cn21)OCC. The van der Waals surface area contributed by atoms with Crippen LogP contribution in [-0.2, 0) is 9.05 Å². The molecule has 0 saturated carbocycles. The molecule has 0 radical (unpaired) electrons. The Kier molecular flexibility index (Phi) is 5.56. The summed E-state index contributed by atoms with van der Waals surface area (Å²) in [7, 11) is -0.926. The number of carbonyl (C=O) groups excluding carboxylic acids is 1. The van der Waals surface area contributed by atoms with E-state index in [0.717, 1.165) is 12.6 Å². The Morgan fingerprint density at radius 1 is 1.52 bits per heavy atom. The molecule has 0 saturated heterocycles. The van der Waals surface area contributed by atoms with Crippen molar-refractivity contribution in [3.8, 4) is 0 Å². The summed E-state index contributed by atoms with van der Waals surface area (Å²) < 4.78 is 13.4. The minimum atomic E-state index is -0.926. The van der Waals surface area contributed by atoms with Crippen LogP contribution in [0, 0.1) is 0 Å². The molecule has 0 bridgehead atoms. The Morgan fingerprint density at radius 3 is 2.76 bits per heavy atom. The first-order chi connectivity index (χ1) is 10.0. The van der Waals surface area contributed by atoms with E-state index in [9.17, 15) is 4.79 Å². The molecule has 0 aliphatic carbocycles. The van der Waals surface area contributed by atoms with Crippen LogP contribution in [0.25, 0.3) is 0 Å². The van der Waals surface area contributed by atoms with E-state index in [1.807, 2.05) is 18.4 Å². The maximum absolute atomic E-state index is 11.3. The predicted molar refractivity (Wildman–Crippen MR) is 82.5 cm³/mol. The highest BCUT2D eigenvalue weighted by Gasteiger charge is 2.29. The van der Waals surface area contributed by atoms with Gasteiger partial charge in [-0.05, 0) is 27.2 Å². The standard InChI is InChI=1S/C13H23N4O3P/c1-4-19-21(20-5-2)8-10-6-9(3)15-13-16-11(12(14)18)7-17(10)13/h7,9-10H,4-6,8H2,1-3H3,(H2,14,18)(H,15,16). The van der Waals surface area contributed by atoms with Crippen molar-refractivity contribution >= 4 is 20.2 Å². The van der Waals surface area contributed by atoms with E-state index in [1.165, 1.54) is 0 Å². The molecule has 1 aliphatic rings.